The van der Waals surface area contributed by atoms with Gasteiger partial charge in [-0.1, -0.05) is 41.9 Å². The number of hydrogen-bond donors (Lipinski definition) is 1. The molecule has 0 unspecified atom stereocenters. The van der Waals surface area contributed by atoms with Gasteiger partial charge in [-0.15, -0.1) is 12.4 Å². The maximum absolute atomic E-state index is 6.09. The number of nitrogens with two attached hydrogens (primary N) is 1. The van der Waals surface area contributed by atoms with E-state index in [1.54, 1.807) is 0 Å². The van der Waals surface area contributed by atoms with E-state index in [2.05, 4.69) is 41.9 Å². The van der Waals surface area contributed by atoms with E-state index in [1.807, 2.05) is 12.1 Å². The fraction of sp³-hybridized carbons (Fsp3) is 0.500. The van der Waals surface area contributed by atoms with Crippen LogP contribution in [0, 0.1) is 5.92 Å². The molecular formula is C12H19BrClN. The summed E-state index contributed by atoms with van der Waals surface area (Å²) in [5, 5.41) is 0. The molecule has 0 aliphatic carbocycles. The predicted molar refractivity (Wildman–Crippen MR) is 72.4 cm³/mol. The lowest BCUT2D eigenvalue weighted by atomic mass is 9.98. The van der Waals surface area contributed by atoms with Gasteiger partial charge >= 0.3 is 0 Å². The van der Waals surface area contributed by atoms with Crippen molar-refractivity contribution in [2.45, 2.75) is 32.7 Å². The zero-order valence-electron chi connectivity index (χ0n) is 9.24. The lowest BCUT2D eigenvalue weighted by Gasteiger charge is -2.13. The summed E-state index contributed by atoms with van der Waals surface area (Å²) < 4.78 is 1.11. The van der Waals surface area contributed by atoms with E-state index < -0.39 is 0 Å². The van der Waals surface area contributed by atoms with Gasteiger partial charge in [0, 0.05) is 10.5 Å². The molecule has 0 saturated carbocycles. The van der Waals surface area contributed by atoms with Crippen molar-refractivity contribution >= 4 is 28.3 Å². The first-order valence-electron chi connectivity index (χ1n) is 5.10. The monoisotopic (exact) mass is 291 g/mol. The second-order valence-electron chi connectivity index (χ2n) is 4.13. The van der Waals surface area contributed by atoms with Crippen LogP contribution >= 0.6 is 28.3 Å². The third-order valence-electron chi connectivity index (χ3n) is 2.33. The Morgan fingerprint density at radius 3 is 2.47 bits per heavy atom. The molecule has 0 aromatic heterocycles. The molecule has 15 heavy (non-hydrogen) atoms. The van der Waals surface area contributed by atoms with Gasteiger partial charge in [0.2, 0.25) is 0 Å². The van der Waals surface area contributed by atoms with E-state index in [1.165, 1.54) is 12.0 Å². The van der Waals surface area contributed by atoms with E-state index in [-0.39, 0.29) is 18.4 Å². The minimum Gasteiger partial charge on any atom is -0.324 e. The number of halogens is 2. The van der Waals surface area contributed by atoms with Crippen LogP contribution in [0.15, 0.2) is 28.7 Å². The number of hydrogen-bond acceptors (Lipinski definition) is 1. The van der Waals surface area contributed by atoms with Crippen molar-refractivity contribution in [3.8, 4) is 0 Å². The smallest absolute Gasteiger partial charge is 0.0295 e. The highest BCUT2D eigenvalue weighted by molar-refractivity contribution is 9.10. The van der Waals surface area contributed by atoms with E-state index in [4.69, 9.17) is 5.73 Å². The maximum Gasteiger partial charge on any atom is 0.0295 e. The van der Waals surface area contributed by atoms with Gasteiger partial charge in [-0.3, -0.25) is 0 Å². The molecule has 3 heteroatoms. The fourth-order valence-electron chi connectivity index (χ4n) is 1.42. The Morgan fingerprint density at radius 1 is 1.27 bits per heavy atom. The molecule has 0 aliphatic rings. The summed E-state index contributed by atoms with van der Waals surface area (Å²) in [7, 11) is 0. The largest absolute Gasteiger partial charge is 0.324 e. The van der Waals surface area contributed by atoms with Crippen molar-refractivity contribution in [1.29, 1.82) is 0 Å². The molecule has 1 atom stereocenters. The average molecular weight is 293 g/mol. The van der Waals surface area contributed by atoms with Gasteiger partial charge in [-0.2, -0.15) is 0 Å². The van der Waals surface area contributed by atoms with Crippen LogP contribution in [0.1, 0.15) is 38.3 Å². The molecule has 0 heterocycles. The molecule has 0 saturated heterocycles. The first kappa shape index (κ1) is 14.9. The van der Waals surface area contributed by atoms with Crippen LogP contribution in [-0.4, -0.2) is 0 Å². The minimum absolute atomic E-state index is 0. The minimum atomic E-state index is 0. The molecule has 86 valence electrons. The van der Waals surface area contributed by atoms with E-state index in [0.717, 1.165) is 16.8 Å². The summed E-state index contributed by atoms with van der Waals surface area (Å²) in [5.74, 6) is 0.730. The lowest BCUT2D eigenvalue weighted by Crippen LogP contribution is -2.11. The van der Waals surface area contributed by atoms with Crippen LogP contribution in [0.25, 0.3) is 0 Å². The second kappa shape index (κ2) is 7.26. The zero-order valence-corrected chi connectivity index (χ0v) is 11.6. The quantitative estimate of drug-likeness (QED) is 0.879. The van der Waals surface area contributed by atoms with Crippen LogP contribution < -0.4 is 5.73 Å². The molecule has 0 fully saturated rings. The standard InChI is InChI=1S/C12H18BrN.ClH/c1-9(2)6-7-12(14)10-4-3-5-11(13)8-10;/h3-5,8-9,12H,6-7,14H2,1-2H3;1H/t12-;/m0./s1. The Hall–Kier alpha value is -0.0500. The zero-order chi connectivity index (χ0) is 10.6. The first-order valence-corrected chi connectivity index (χ1v) is 5.90. The molecule has 0 spiro atoms. The summed E-state index contributed by atoms with van der Waals surface area (Å²) in [6.07, 6.45) is 2.25. The molecule has 1 aromatic rings. The SMILES string of the molecule is CC(C)CC[C@H](N)c1cccc(Br)c1.Cl. The molecular weight excluding hydrogens is 273 g/mol. The maximum atomic E-state index is 6.09. The van der Waals surface area contributed by atoms with Gasteiger partial charge < -0.3 is 5.73 Å². The summed E-state index contributed by atoms with van der Waals surface area (Å²) >= 11 is 3.45. The fourth-order valence-corrected chi connectivity index (χ4v) is 1.83. The molecule has 0 bridgehead atoms. The third-order valence-corrected chi connectivity index (χ3v) is 2.83. The summed E-state index contributed by atoms with van der Waals surface area (Å²) in [5.41, 5.74) is 7.31. The normalized spacial score (nSPS) is 12.3. The van der Waals surface area contributed by atoms with Crippen molar-refractivity contribution in [3.63, 3.8) is 0 Å². The molecule has 0 amide bonds. The Kier molecular flexibility index (Phi) is 7.24. The van der Waals surface area contributed by atoms with Crippen LogP contribution in [0.4, 0.5) is 0 Å². The first-order chi connectivity index (χ1) is 6.59. The summed E-state index contributed by atoms with van der Waals surface area (Å²) in [6.45, 7) is 4.46. The van der Waals surface area contributed by atoms with Gasteiger partial charge in [-0.25, -0.2) is 0 Å². The van der Waals surface area contributed by atoms with Crippen molar-refractivity contribution in [3.05, 3.63) is 34.3 Å². The van der Waals surface area contributed by atoms with E-state index >= 15 is 0 Å². The van der Waals surface area contributed by atoms with E-state index in [0.29, 0.717) is 0 Å². The lowest BCUT2D eigenvalue weighted by molar-refractivity contribution is 0.507. The van der Waals surface area contributed by atoms with E-state index in [9.17, 15) is 0 Å². The number of benzene rings is 1. The van der Waals surface area contributed by atoms with Crippen LogP contribution in [-0.2, 0) is 0 Å². The second-order valence-corrected chi connectivity index (χ2v) is 5.05. The topological polar surface area (TPSA) is 26.0 Å². The van der Waals surface area contributed by atoms with Crippen LogP contribution in [0.3, 0.4) is 0 Å². The highest BCUT2D eigenvalue weighted by Gasteiger charge is 2.06. The summed E-state index contributed by atoms with van der Waals surface area (Å²) in [6, 6.07) is 8.43. The van der Waals surface area contributed by atoms with Crippen molar-refractivity contribution in [2.75, 3.05) is 0 Å². The Morgan fingerprint density at radius 2 is 1.93 bits per heavy atom. The predicted octanol–water partition coefficient (Wildman–Crippen LogP) is 4.31. The molecule has 1 aromatic carbocycles. The highest BCUT2D eigenvalue weighted by Crippen LogP contribution is 2.21. The molecule has 1 nitrogen and oxygen atoms in total. The van der Waals surface area contributed by atoms with Crippen LogP contribution in [0.5, 0.6) is 0 Å². The Balaban J connectivity index is 0.00000196. The van der Waals surface area contributed by atoms with Gasteiger partial charge in [0.1, 0.15) is 0 Å². The van der Waals surface area contributed by atoms with Gasteiger partial charge in [0.05, 0.1) is 0 Å². The molecule has 0 aliphatic heterocycles. The molecule has 1 rings (SSSR count). The number of rotatable bonds is 4. The van der Waals surface area contributed by atoms with Gasteiger partial charge in [0.25, 0.3) is 0 Å². The summed E-state index contributed by atoms with van der Waals surface area (Å²) in [4.78, 5) is 0. The average Bonchev–Trinajstić information content (AvgIpc) is 2.14. The van der Waals surface area contributed by atoms with Gasteiger partial charge in [-0.05, 0) is 36.5 Å². The molecule has 0 radical (unpaired) electrons. The van der Waals surface area contributed by atoms with Gasteiger partial charge in [0.15, 0.2) is 0 Å². The Bertz CT molecular complexity index is 289. The Labute approximate surface area is 107 Å². The van der Waals surface area contributed by atoms with Crippen LogP contribution in [0.2, 0.25) is 0 Å². The van der Waals surface area contributed by atoms with Crippen molar-refractivity contribution < 1.29 is 0 Å². The third kappa shape index (κ3) is 5.55. The van der Waals surface area contributed by atoms with Crippen molar-refractivity contribution in [1.82, 2.24) is 0 Å². The van der Waals surface area contributed by atoms with Crippen molar-refractivity contribution in [2.24, 2.45) is 11.7 Å². The highest BCUT2D eigenvalue weighted by atomic mass is 79.9. The molecule has 2 N–H and O–H groups in total.